The average Bonchev–Trinajstić information content (AvgIpc) is 3.07. The number of carbonyl (C=O) groups excluding carboxylic acids is 2. The summed E-state index contributed by atoms with van der Waals surface area (Å²) in [4.78, 5) is 31.7. The van der Waals surface area contributed by atoms with Crippen LogP contribution in [0.15, 0.2) is 29.4 Å². The lowest BCUT2D eigenvalue weighted by atomic mass is 9.99. The number of hydrogen-bond donors (Lipinski definition) is 2. The van der Waals surface area contributed by atoms with Crippen LogP contribution in [0.25, 0.3) is 22.1 Å². The van der Waals surface area contributed by atoms with Crippen molar-refractivity contribution in [1.82, 2.24) is 25.5 Å². The first-order valence-corrected chi connectivity index (χ1v) is 9.63. The van der Waals surface area contributed by atoms with Gasteiger partial charge < -0.3 is 15.0 Å². The van der Waals surface area contributed by atoms with E-state index in [0.717, 1.165) is 17.3 Å². The Labute approximate surface area is 160 Å². The average molecular weight is 387 g/mol. The van der Waals surface area contributed by atoms with Crippen LogP contribution in [-0.2, 0) is 14.3 Å². The number of rotatable bonds is 7. The highest BCUT2D eigenvalue weighted by molar-refractivity contribution is 7.99. The Morgan fingerprint density at radius 2 is 2.07 bits per heavy atom. The maximum Gasteiger partial charge on any atom is 0.328 e. The van der Waals surface area contributed by atoms with Crippen LogP contribution >= 0.6 is 11.8 Å². The molecule has 3 rings (SSSR count). The highest BCUT2D eigenvalue weighted by Crippen LogP contribution is 2.23. The number of ether oxygens (including phenoxy) is 1. The number of fused-ring (bicyclic) bond motifs is 3. The molecule has 1 amide bonds. The van der Waals surface area contributed by atoms with Gasteiger partial charge in [-0.25, -0.2) is 9.78 Å². The molecule has 2 atom stereocenters. The fourth-order valence-electron chi connectivity index (χ4n) is 2.71. The van der Waals surface area contributed by atoms with E-state index in [1.54, 1.807) is 0 Å². The van der Waals surface area contributed by atoms with Gasteiger partial charge in [-0.05, 0) is 12.0 Å². The number of hydrogen-bond acceptors (Lipinski definition) is 7. The summed E-state index contributed by atoms with van der Waals surface area (Å²) in [5.41, 5.74) is 2.26. The van der Waals surface area contributed by atoms with Crippen LogP contribution in [0, 0.1) is 5.92 Å². The van der Waals surface area contributed by atoms with Crippen molar-refractivity contribution in [2.24, 2.45) is 5.92 Å². The van der Waals surface area contributed by atoms with Gasteiger partial charge in [0.1, 0.15) is 11.6 Å². The van der Waals surface area contributed by atoms with E-state index in [4.69, 9.17) is 4.74 Å². The summed E-state index contributed by atoms with van der Waals surface area (Å²) in [6.07, 6.45) is 0.747. The normalized spacial score (nSPS) is 13.4. The SMILES string of the molecule is CC[C@H](C)[C@H](NC(=O)CSc1nnc2c(n1)[nH]c1ccccc12)C(=O)OC. The molecule has 0 saturated heterocycles. The van der Waals surface area contributed by atoms with Gasteiger partial charge >= 0.3 is 5.97 Å². The number of H-pyrrole nitrogens is 1. The Bertz CT molecular complexity index is 974. The lowest BCUT2D eigenvalue weighted by Gasteiger charge is -2.21. The molecule has 0 saturated carbocycles. The lowest BCUT2D eigenvalue weighted by molar-refractivity contribution is -0.146. The molecule has 0 aliphatic rings. The first-order valence-electron chi connectivity index (χ1n) is 8.64. The van der Waals surface area contributed by atoms with Crippen molar-refractivity contribution in [2.45, 2.75) is 31.5 Å². The van der Waals surface area contributed by atoms with Gasteiger partial charge in [0.15, 0.2) is 5.65 Å². The lowest BCUT2D eigenvalue weighted by Crippen LogP contribution is -2.46. The molecule has 0 bridgehead atoms. The maximum atomic E-state index is 12.2. The molecule has 2 aromatic heterocycles. The molecule has 27 heavy (non-hydrogen) atoms. The molecule has 9 heteroatoms. The molecule has 2 heterocycles. The molecule has 142 valence electrons. The first-order chi connectivity index (χ1) is 13.0. The van der Waals surface area contributed by atoms with Gasteiger partial charge in [-0.15, -0.1) is 10.2 Å². The second-order valence-electron chi connectivity index (χ2n) is 6.20. The van der Waals surface area contributed by atoms with Gasteiger partial charge in [0.25, 0.3) is 0 Å². The van der Waals surface area contributed by atoms with Crippen molar-refractivity contribution in [3.8, 4) is 0 Å². The number of esters is 1. The van der Waals surface area contributed by atoms with Crippen molar-refractivity contribution in [1.29, 1.82) is 0 Å². The number of aromatic amines is 1. The monoisotopic (exact) mass is 387 g/mol. The van der Waals surface area contributed by atoms with Crippen LogP contribution in [-0.4, -0.2) is 50.9 Å². The Morgan fingerprint density at radius 1 is 1.30 bits per heavy atom. The number of thioether (sulfide) groups is 1. The van der Waals surface area contributed by atoms with E-state index in [-0.39, 0.29) is 17.6 Å². The zero-order valence-corrected chi connectivity index (χ0v) is 16.2. The second kappa shape index (κ2) is 8.34. The van der Waals surface area contributed by atoms with Gasteiger partial charge in [0.05, 0.1) is 12.9 Å². The quantitative estimate of drug-likeness (QED) is 0.473. The summed E-state index contributed by atoms with van der Waals surface area (Å²) >= 11 is 1.17. The van der Waals surface area contributed by atoms with E-state index in [2.05, 4.69) is 25.5 Å². The minimum Gasteiger partial charge on any atom is -0.467 e. The molecule has 1 aromatic carbocycles. The molecule has 0 radical (unpaired) electrons. The number of aromatic nitrogens is 4. The Kier molecular flexibility index (Phi) is 5.90. The second-order valence-corrected chi connectivity index (χ2v) is 7.15. The molecular weight excluding hydrogens is 366 g/mol. The van der Waals surface area contributed by atoms with Crippen LogP contribution < -0.4 is 5.32 Å². The van der Waals surface area contributed by atoms with Crippen molar-refractivity contribution in [3.63, 3.8) is 0 Å². The van der Waals surface area contributed by atoms with Crippen LogP contribution in [0.3, 0.4) is 0 Å². The third-order valence-electron chi connectivity index (χ3n) is 4.42. The Hall–Kier alpha value is -2.68. The van der Waals surface area contributed by atoms with Gasteiger partial charge in [-0.1, -0.05) is 50.2 Å². The molecule has 0 spiro atoms. The van der Waals surface area contributed by atoms with Crippen molar-refractivity contribution >= 4 is 45.7 Å². The minimum atomic E-state index is -0.664. The van der Waals surface area contributed by atoms with E-state index in [9.17, 15) is 9.59 Å². The molecule has 0 fully saturated rings. The van der Waals surface area contributed by atoms with Crippen molar-refractivity contribution < 1.29 is 14.3 Å². The molecule has 0 aliphatic heterocycles. The minimum absolute atomic E-state index is 0.0213. The molecule has 2 N–H and O–H groups in total. The zero-order valence-electron chi connectivity index (χ0n) is 15.4. The number of carbonyl (C=O) groups is 2. The summed E-state index contributed by atoms with van der Waals surface area (Å²) in [5, 5.41) is 12.4. The molecule has 3 aromatic rings. The van der Waals surface area contributed by atoms with E-state index < -0.39 is 12.0 Å². The predicted octanol–water partition coefficient (Wildman–Crippen LogP) is 2.30. The number of amides is 1. The third kappa shape index (κ3) is 4.19. The van der Waals surface area contributed by atoms with Gasteiger partial charge in [-0.3, -0.25) is 4.79 Å². The van der Waals surface area contributed by atoms with Crippen molar-refractivity contribution in [2.75, 3.05) is 12.9 Å². The molecular formula is C18H21N5O3S. The summed E-state index contributed by atoms with van der Waals surface area (Å²) < 4.78 is 4.78. The zero-order chi connectivity index (χ0) is 19.4. The van der Waals surface area contributed by atoms with Crippen molar-refractivity contribution in [3.05, 3.63) is 24.3 Å². The number of para-hydroxylation sites is 1. The van der Waals surface area contributed by atoms with Crippen LogP contribution in [0.5, 0.6) is 0 Å². The highest BCUT2D eigenvalue weighted by Gasteiger charge is 2.26. The maximum absolute atomic E-state index is 12.2. The number of nitrogens with zero attached hydrogens (tertiary/aromatic N) is 3. The topological polar surface area (TPSA) is 110 Å². The summed E-state index contributed by atoms with van der Waals surface area (Å²) in [7, 11) is 1.31. The Balaban J connectivity index is 1.67. The van der Waals surface area contributed by atoms with Gasteiger partial charge in [0.2, 0.25) is 11.1 Å². The predicted molar refractivity (Wildman–Crippen MR) is 103 cm³/mol. The van der Waals surface area contributed by atoms with E-state index in [0.29, 0.717) is 16.3 Å². The molecule has 0 unspecified atom stereocenters. The standard InChI is InChI=1S/C18H21N5O3S/c1-4-10(2)14(17(25)26-3)20-13(24)9-27-18-21-16-15(22-23-18)11-7-5-6-8-12(11)19-16/h5-8,10,14H,4,9H2,1-3H3,(H,20,24)(H,19,21,23)/t10-,14-/m0/s1. The Morgan fingerprint density at radius 3 is 2.81 bits per heavy atom. The van der Waals surface area contributed by atoms with Crippen LogP contribution in [0.2, 0.25) is 0 Å². The molecule has 0 aliphatic carbocycles. The fraction of sp³-hybridized carbons (Fsp3) is 0.389. The van der Waals surface area contributed by atoms with Gasteiger partial charge in [0, 0.05) is 10.9 Å². The van der Waals surface area contributed by atoms with E-state index >= 15 is 0 Å². The number of nitrogens with one attached hydrogen (secondary N) is 2. The smallest absolute Gasteiger partial charge is 0.328 e. The third-order valence-corrected chi connectivity index (χ3v) is 5.26. The summed E-state index contributed by atoms with van der Waals surface area (Å²) in [6, 6.07) is 7.09. The number of methoxy groups -OCH3 is 1. The van der Waals surface area contributed by atoms with Gasteiger partial charge in [-0.2, -0.15) is 0 Å². The highest BCUT2D eigenvalue weighted by atomic mass is 32.2. The van der Waals surface area contributed by atoms with Crippen LogP contribution in [0.1, 0.15) is 20.3 Å². The largest absolute Gasteiger partial charge is 0.467 e. The fourth-order valence-corrected chi connectivity index (χ4v) is 3.31. The molecule has 8 nitrogen and oxygen atoms in total. The number of benzene rings is 1. The summed E-state index contributed by atoms with van der Waals surface area (Å²) in [6.45, 7) is 3.85. The summed E-state index contributed by atoms with van der Waals surface area (Å²) in [5.74, 6) is -0.666. The van der Waals surface area contributed by atoms with E-state index in [1.165, 1.54) is 18.9 Å². The van der Waals surface area contributed by atoms with E-state index in [1.807, 2.05) is 38.1 Å². The first kappa shape index (κ1) is 19.1. The van der Waals surface area contributed by atoms with Crippen LogP contribution in [0.4, 0.5) is 0 Å².